The number of aliphatic carboxylic acids is 1. The molecule has 0 saturated heterocycles. The molecule has 2 aromatic heterocycles. The summed E-state index contributed by atoms with van der Waals surface area (Å²) in [7, 11) is 3.79. The number of carboxylic acid groups (broad SMARTS) is 1. The molecule has 2 aliphatic carbocycles. The molecule has 2 saturated carbocycles. The Morgan fingerprint density at radius 1 is 0.889 bits per heavy atom. The Balaban J connectivity index is 0.976. The number of imidazole rings is 2. The van der Waals surface area contributed by atoms with Crippen LogP contribution in [0.3, 0.4) is 0 Å². The number of nitrogens with zero attached hydrogens (tertiary/aromatic N) is 5. The predicted molar refractivity (Wildman–Crippen MR) is 208 cm³/mol. The van der Waals surface area contributed by atoms with Gasteiger partial charge in [-0.05, 0) is 80.2 Å². The van der Waals surface area contributed by atoms with Crippen molar-refractivity contribution in [1.82, 2.24) is 29.3 Å². The van der Waals surface area contributed by atoms with E-state index in [1.165, 1.54) is 0 Å². The SMILES string of the molecule is CCCc1c(NC(=O)c2nc3c(n2C)CCNC3)cccc1-c1cccc(NC(=O)c2nc3c(n2C)CCN(CCC24CCC(C(=O)O)(CC2)C4)C3)c1Cl. The van der Waals surface area contributed by atoms with E-state index < -0.39 is 11.4 Å². The highest BCUT2D eigenvalue weighted by atomic mass is 35.5. The van der Waals surface area contributed by atoms with Gasteiger partial charge >= 0.3 is 5.97 Å². The van der Waals surface area contributed by atoms with E-state index in [4.69, 9.17) is 16.6 Å². The van der Waals surface area contributed by atoms with Gasteiger partial charge in [0.05, 0.1) is 27.5 Å². The lowest BCUT2D eigenvalue weighted by Gasteiger charge is -2.32. The van der Waals surface area contributed by atoms with Gasteiger partial charge in [0.2, 0.25) is 0 Å². The second-order valence-electron chi connectivity index (χ2n) is 15.9. The lowest BCUT2D eigenvalue weighted by molar-refractivity contribution is -0.148. The van der Waals surface area contributed by atoms with Crippen LogP contribution in [0, 0.1) is 10.8 Å². The fourth-order valence-corrected chi connectivity index (χ4v) is 9.93. The Hall–Kier alpha value is -4.52. The van der Waals surface area contributed by atoms with Crippen LogP contribution in [0.15, 0.2) is 36.4 Å². The number of benzene rings is 2. The lowest BCUT2D eigenvalue weighted by atomic mass is 9.80. The molecule has 2 fully saturated rings. The van der Waals surface area contributed by atoms with Gasteiger partial charge in [0.25, 0.3) is 11.8 Å². The van der Waals surface area contributed by atoms with Gasteiger partial charge < -0.3 is 30.2 Å². The maximum atomic E-state index is 13.8. The predicted octanol–water partition coefficient (Wildman–Crippen LogP) is 6.36. The van der Waals surface area contributed by atoms with E-state index in [1.807, 2.05) is 53.6 Å². The van der Waals surface area contributed by atoms with Crippen molar-refractivity contribution in [3.63, 3.8) is 0 Å². The summed E-state index contributed by atoms with van der Waals surface area (Å²) in [5.74, 6) is -0.494. The summed E-state index contributed by atoms with van der Waals surface area (Å²) in [4.78, 5) is 51.2. The first-order valence-corrected chi connectivity index (χ1v) is 19.7. The number of fused-ring (bicyclic) bond motifs is 4. The van der Waals surface area contributed by atoms with E-state index in [0.717, 1.165) is 117 Å². The molecule has 0 radical (unpaired) electrons. The fraction of sp³-hybridized carbons (Fsp3) is 0.488. The van der Waals surface area contributed by atoms with Gasteiger partial charge in [0.1, 0.15) is 0 Å². The van der Waals surface area contributed by atoms with Crippen LogP contribution in [0.4, 0.5) is 11.4 Å². The summed E-state index contributed by atoms with van der Waals surface area (Å²) < 4.78 is 3.79. The Bertz CT molecular complexity index is 2150. The second kappa shape index (κ2) is 14.3. The van der Waals surface area contributed by atoms with E-state index in [9.17, 15) is 19.5 Å². The summed E-state index contributed by atoms with van der Waals surface area (Å²) in [5.41, 5.74) is 7.40. The number of anilines is 2. The van der Waals surface area contributed by atoms with Crippen molar-refractivity contribution in [3.05, 3.63) is 81.4 Å². The first-order valence-electron chi connectivity index (χ1n) is 19.3. The van der Waals surface area contributed by atoms with Crippen LogP contribution in [-0.4, -0.2) is 66.5 Å². The average molecular weight is 753 g/mol. The molecular formula is C41H49ClN8O4. The van der Waals surface area contributed by atoms with Gasteiger partial charge in [-0.1, -0.05) is 49.2 Å². The number of carbonyl (C=O) groups excluding carboxylic acids is 2. The number of aromatic nitrogens is 4. The van der Waals surface area contributed by atoms with Crippen LogP contribution in [-0.2, 0) is 51.2 Å². The first-order chi connectivity index (χ1) is 26.0. The minimum atomic E-state index is -0.620. The third kappa shape index (κ3) is 6.41. The van der Waals surface area contributed by atoms with Gasteiger partial charge in [-0.15, -0.1) is 0 Å². The highest BCUT2D eigenvalue weighted by Gasteiger charge is 2.57. The molecule has 0 spiro atoms. The van der Waals surface area contributed by atoms with Crippen LogP contribution >= 0.6 is 11.6 Å². The van der Waals surface area contributed by atoms with Crippen LogP contribution in [0.2, 0.25) is 5.02 Å². The number of halogens is 1. The van der Waals surface area contributed by atoms with Crippen LogP contribution in [0.5, 0.6) is 0 Å². The van der Waals surface area contributed by atoms with Gasteiger partial charge in [-0.25, -0.2) is 9.97 Å². The average Bonchev–Trinajstić information content (AvgIpc) is 3.93. The molecule has 54 heavy (non-hydrogen) atoms. The van der Waals surface area contributed by atoms with Crippen LogP contribution in [0.25, 0.3) is 11.1 Å². The zero-order chi connectivity index (χ0) is 37.8. The monoisotopic (exact) mass is 752 g/mol. The number of amides is 2. The largest absolute Gasteiger partial charge is 0.481 e. The first kappa shape index (κ1) is 36.5. The number of rotatable bonds is 11. The van der Waals surface area contributed by atoms with Gasteiger partial charge in [-0.3, -0.25) is 19.3 Å². The van der Waals surface area contributed by atoms with Gasteiger partial charge in [0, 0.05) is 75.8 Å². The number of carbonyl (C=O) groups is 3. The molecule has 4 aromatic rings. The highest BCUT2D eigenvalue weighted by Crippen LogP contribution is 2.63. The Labute approximate surface area is 320 Å². The molecule has 12 nitrogen and oxygen atoms in total. The molecule has 4 N–H and O–H groups in total. The molecule has 2 aliphatic heterocycles. The Morgan fingerprint density at radius 2 is 1.54 bits per heavy atom. The Kier molecular flexibility index (Phi) is 9.64. The summed E-state index contributed by atoms with van der Waals surface area (Å²) in [6, 6.07) is 11.4. The maximum absolute atomic E-state index is 13.8. The highest BCUT2D eigenvalue weighted by molar-refractivity contribution is 6.36. The topological polar surface area (TPSA) is 146 Å². The lowest BCUT2D eigenvalue weighted by Crippen LogP contribution is -2.34. The van der Waals surface area contributed by atoms with Crippen molar-refractivity contribution < 1.29 is 19.5 Å². The van der Waals surface area contributed by atoms with Gasteiger partial charge in [0.15, 0.2) is 11.6 Å². The molecular weight excluding hydrogens is 704 g/mol. The number of hydrogen-bond donors (Lipinski definition) is 4. The van der Waals surface area contributed by atoms with E-state index in [0.29, 0.717) is 47.6 Å². The smallest absolute Gasteiger partial charge is 0.309 e. The summed E-state index contributed by atoms with van der Waals surface area (Å²) in [6.07, 6.45) is 8.60. The van der Waals surface area contributed by atoms with Crippen molar-refractivity contribution >= 4 is 40.8 Å². The fourth-order valence-electron chi connectivity index (χ4n) is 9.66. The minimum absolute atomic E-state index is 0.144. The minimum Gasteiger partial charge on any atom is -0.481 e. The zero-order valence-corrected chi connectivity index (χ0v) is 32.1. The molecule has 0 unspecified atom stereocenters. The quantitative estimate of drug-likeness (QED) is 0.139. The number of hydrogen-bond acceptors (Lipinski definition) is 7. The van der Waals surface area contributed by atoms with E-state index in [-0.39, 0.29) is 17.2 Å². The summed E-state index contributed by atoms with van der Waals surface area (Å²) in [6.45, 7) is 6.06. The number of carboxylic acids is 1. The standard InChI is InChI=1S/C41H49ClN8O4/c1-4-7-26-25(8-5-10-28(26)46-37(51)35-44-30-22-43-19-12-32(30)48(35)2)27-9-6-11-29(34(27)42)47-38(52)36-45-31-23-50(20-13-33(31)49(36)3)21-18-40-14-16-41(24-40,17-15-40)39(53)54/h5-6,8-11,43H,4,7,12-24H2,1-3H3,(H,46,51)(H,47,52)(H,53,54). The molecule has 4 heterocycles. The second-order valence-corrected chi connectivity index (χ2v) is 16.3. The van der Waals surface area contributed by atoms with Crippen molar-refractivity contribution in [2.45, 2.75) is 84.2 Å². The molecule has 284 valence electrons. The third-order valence-electron chi connectivity index (χ3n) is 12.7. The van der Waals surface area contributed by atoms with Crippen molar-refractivity contribution in [2.75, 3.05) is 30.3 Å². The van der Waals surface area contributed by atoms with Crippen molar-refractivity contribution in [2.24, 2.45) is 24.9 Å². The molecule has 2 amide bonds. The zero-order valence-electron chi connectivity index (χ0n) is 31.4. The molecule has 13 heteroatoms. The van der Waals surface area contributed by atoms with E-state index in [1.54, 1.807) is 6.07 Å². The third-order valence-corrected chi connectivity index (χ3v) is 13.1. The van der Waals surface area contributed by atoms with E-state index in [2.05, 4.69) is 32.8 Å². The Morgan fingerprint density at radius 3 is 2.20 bits per heavy atom. The van der Waals surface area contributed by atoms with Crippen LogP contribution in [0.1, 0.15) is 101 Å². The van der Waals surface area contributed by atoms with E-state index >= 15 is 0 Å². The maximum Gasteiger partial charge on any atom is 0.309 e. The normalized spacial score (nSPS) is 21.9. The molecule has 2 bridgehead atoms. The number of nitrogens with one attached hydrogen (secondary N) is 3. The molecule has 8 rings (SSSR count). The summed E-state index contributed by atoms with van der Waals surface area (Å²) in [5, 5.41) is 19.7. The molecule has 2 aromatic carbocycles. The van der Waals surface area contributed by atoms with Gasteiger partial charge in [-0.2, -0.15) is 0 Å². The van der Waals surface area contributed by atoms with Crippen molar-refractivity contribution in [1.29, 1.82) is 0 Å². The molecule has 4 aliphatic rings. The van der Waals surface area contributed by atoms with Crippen molar-refractivity contribution in [3.8, 4) is 11.1 Å². The molecule has 0 atom stereocenters. The van der Waals surface area contributed by atoms with Crippen LogP contribution < -0.4 is 16.0 Å². The summed E-state index contributed by atoms with van der Waals surface area (Å²) >= 11 is 7.09.